The SMILES string of the molecule is CC1OCCC1NC(=O)C1CCCCC1N. The minimum atomic E-state index is 0.0153. The molecule has 0 aromatic rings. The van der Waals surface area contributed by atoms with Gasteiger partial charge >= 0.3 is 0 Å². The number of nitrogens with one attached hydrogen (secondary N) is 1. The van der Waals surface area contributed by atoms with Crippen molar-refractivity contribution in [3.05, 3.63) is 0 Å². The number of hydrogen-bond acceptors (Lipinski definition) is 3. The third-order valence-electron chi connectivity index (χ3n) is 3.86. The van der Waals surface area contributed by atoms with Crippen LogP contribution in [-0.2, 0) is 9.53 Å². The van der Waals surface area contributed by atoms with E-state index in [2.05, 4.69) is 5.32 Å². The van der Waals surface area contributed by atoms with E-state index in [4.69, 9.17) is 10.5 Å². The molecule has 4 nitrogen and oxygen atoms in total. The standard InChI is InChI=1S/C12H22N2O2/c1-8-11(6-7-16-8)14-12(15)9-4-2-3-5-10(9)13/h8-11H,2-7,13H2,1H3,(H,14,15). The molecule has 0 bridgehead atoms. The Bertz CT molecular complexity index is 257. The van der Waals surface area contributed by atoms with E-state index < -0.39 is 0 Å². The fourth-order valence-corrected chi connectivity index (χ4v) is 2.70. The van der Waals surface area contributed by atoms with E-state index in [0.29, 0.717) is 0 Å². The van der Waals surface area contributed by atoms with Gasteiger partial charge in [-0.15, -0.1) is 0 Å². The van der Waals surface area contributed by atoms with E-state index in [1.165, 1.54) is 0 Å². The van der Waals surface area contributed by atoms with Crippen LogP contribution in [0.25, 0.3) is 0 Å². The topological polar surface area (TPSA) is 64.3 Å². The van der Waals surface area contributed by atoms with Crippen molar-refractivity contribution in [2.24, 2.45) is 11.7 Å². The Hall–Kier alpha value is -0.610. The number of hydrogen-bond donors (Lipinski definition) is 2. The van der Waals surface area contributed by atoms with Crippen molar-refractivity contribution < 1.29 is 9.53 Å². The smallest absolute Gasteiger partial charge is 0.224 e. The highest BCUT2D eigenvalue weighted by Crippen LogP contribution is 2.24. The van der Waals surface area contributed by atoms with Crippen molar-refractivity contribution in [3.63, 3.8) is 0 Å². The fourth-order valence-electron chi connectivity index (χ4n) is 2.70. The maximum Gasteiger partial charge on any atom is 0.224 e. The van der Waals surface area contributed by atoms with Gasteiger partial charge in [-0.1, -0.05) is 12.8 Å². The largest absolute Gasteiger partial charge is 0.376 e. The van der Waals surface area contributed by atoms with Crippen LogP contribution in [0.4, 0.5) is 0 Å². The lowest BCUT2D eigenvalue weighted by molar-refractivity contribution is -0.127. The van der Waals surface area contributed by atoms with E-state index >= 15 is 0 Å². The Morgan fingerprint density at radius 1 is 1.31 bits per heavy atom. The molecule has 1 heterocycles. The second kappa shape index (κ2) is 5.15. The van der Waals surface area contributed by atoms with Crippen LogP contribution < -0.4 is 11.1 Å². The fraction of sp³-hybridized carbons (Fsp3) is 0.917. The van der Waals surface area contributed by atoms with E-state index in [9.17, 15) is 4.79 Å². The molecule has 1 aliphatic heterocycles. The molecule has 2 rings (SSSR count). The summed E-state index contributed by atoms with van der Waals surface area (Å²) >= 11 is 0. The van der Waals surface area contributed by atoms with Crippen LogP contribution in [0.5, 0.6) is 0 Å². The van der Waals surface area contributed by atoms with E-state index in [0.717, 1.165) is 38.7 Å². The normalized spacial score (nSPS) is 39.6. The third-order valence-corrected chi connectivity index (χ3v) is 3.86. The first-order chi connectivity index (χ1) is 7.68. The summed E-state index contributed by atoms with van der Waals surface area (Å²) in [5, 5.41) is 3.08. The molecule has 0 spiro atoms. The summed E-state index contributed by atoms with van der Waals surface area (Å²) in [5.41, 5.74) is 6.00. The molecular formula is C12H22N2O2. The first-order valence-electron chi connectivity index (χ1n) is 6.36. The molecule has 1 amide bonds. The lowest BCUT2D eigenvalue weighted by atomic mass is 9.84. The molecule has 4 heteroatoms. The molecule has 2 fully saturated rings. The average molecular weight is 226 g/mol. The minimum Gasteiger partial charge on any atom is -0.376 e. The van der Waals surface area contributed by atoms with Gasteiger partial charge in [0, 0.05) is 12.6 Å². The predicted molar refractivity (Wildman–Crippen MR) is 61.9 cm³/mol. The number of carbonyl (C=O) groups is 1. The summed E-state index contributed by atoms with van der Waals surface area (Å²) in [6, 6.07) is 0.230. The Morgan fingerprint density at radius 2 is 2.06 bits per heavy atom. The van der Waals surface area contributed by atoms with Crippen molar-refractivity contribution in [1.82, 2.24) is 5.32 Å². The second-order valence-corrected chi connectivity index (χ2v) is 5.03. The quantitative estimate of drug-likeness (QED) is 0.732. The van der Waals surface area contributed by atoms with Gasteiger partial charge in [0.2, 0.25) is 5.91 Å². The summed E-state index contributed by atoms with van der Waals surface area (Å²) in [6.45, 7) is 2.77. The van der Waals surface area contributed by atoms with Gasteiger partial charge in [-0.05, 0) is 26.2 Å². The summed E-state index contributed by atoms with van der Waals surface area (Å²) in [5.74, 6) is 0.149. The predicted octanol–water partition coefficient (Wildman–Crippen LogP) is 0.797. The van der Waals surface area contributed by atoms with E-state index in [-0.39, 0.29) is 30.0 Å². The Balaban J connectivity index is 1.86. The first kappa shape index (κ1) is 11.9. The molecule has 0 aromatic heterocycles. The summed E-state index contributed by atoms with van der Waals surface area (Å²) in [4.78, 5) is 12.1. The lowest BCUT2D eigenvalue weighted by Gasteiger charge is -2.29. The summed E-state index contributed by atoms with van der Waals surface area (Å²) in [7, 11) is 0. The lowest BCUT2D eigenvalue weighted by Crippen LogP contribution is -2.48. The molecule has 1 saturated carbocycles. The van der Waals surface area contributed by atoms with Crippen LogP contribution in [0.3, 0.4) is 0 Å². The molecule has 1 aliphatic carbocycles. The molecular weight excluding hydrogens is 204 g/mol. The highest BCUT2D eigenvalue weighted by Gasteiger charge is 2.32. The molecule has 92 valence electrons. The maximum atomic E-state index is 12.1. The maximum absolute atomic E-state index is 12.1. The summed E-state index contributed by atoms with van der Waals surface area (Å²) < 4.78 is 5.43. The monoisotopic (exact) mass is 226 g/mol. The zero-order chi connectivity index (χ0) is 11.5. The van der Waals surface area contributed by atoms with E-state index in [1.54, 1.807) is 0 Å². The van der Waals surface area contributed by atoms with Gasteiger partial charge < -0.3 is 15.8 Å². The third kappa shape index (κ3) is 2.55. The van der Waals surface area contributed by atoms with Crippen molar-refractivity contribution in [2.45, 2.75) is 57.2 Å². The van der Waals surface area contributed by atoms with Crippen LogP contribution in [0.1, 0.15) is 39.0 Å². The van der Waals surface area contributed by atoms with Gasteiger partial charge in [0.15, 0.2) is 0 Å². The van der Waals surface area contributed by atoms with Crippen molar-refractivity contribution in [1.29, 1.82) is 0 Å². The number of amides is 1. The van der Waals surface area contributed by atoms with Crippen LogP contribution in [0.15, 0.2) is 0 Å². The molecule has 4 atom stereocenters. The van der Waals surface area contributed by atoms with Crippen molar-refractivity contribution >= 4 is 5.91 Å². The molecule has 16 heavy (non-hydrogen) atoms. The minimum absolute atomic E-state index is 0.0153. The van der Waals surface area contributed by atoms with Gasteiger partial charge in [-0.25, -0.2) is 0 Å². The van der Waals surface area contributed by atoms with Crippen molar-refractivity contribution in [3.8, 4) is 0 Å². The molecule has 0 aromatic carbocycles. The Labute approximate surface area is 96.9 Å². The molecule has 3 N–H and O–H groups in total. The van der Waals surface area contributed by atoms with Crippen LogP contribution >= 0.6 is 0 Å². The number of ether oxygens (including phenoxy) is 1. The van der Waals surface area contributed by atoms with E-state index in [1.807, 2.05) is 6.92 Å². The molecule has 2 aliphatic rings. The number of carbonyl (C=O) groups excluding carboxylic acids is 1. The van der Waals surface area contributed by atoms with Gasteiger partial charge in [0.1, 0.15) is 0 Å². The highest BCUT2D eigenvalue weighted by molar-refractivity contribution is 5.79. The molecule has 1 saturated heterocycles. The zero-order valence-electron chi connectivity index (χ0n) is 9.95. The van der Waals surface area contributed by atoms with Crippen LogP contribution in [0.2, 0.25) is 0 Å². The molecule has 0 radical (unpaired) electrons. The zero-order valence-corrected chi connectivity index (χ0v) is 9.95. The van der Waals surface area contributed by atoms with Gasteiger partial charge in [-0.3, -0.25) is 4.79 Å². The molecule has 4 unspecified atom stereocenters. The van der Waals surface area contributed by atoms with Gasteiger partial charge in [-0.2, -0.15) is 0 Å². The second-order valence-electron chi connectivity index (χ2n) is 5.03. The Kier molecular flexibility index (Phi) is 3.82. The van der Waals surface area contributed by atoms with Crippen molar-refractivity contribution in [2.75, 3.05) is 6.61 Å². The van der Waals surface area contributed by atoms with Crippen LogP contribution in [-0.4, -0.2) is 30.7 Å². The van der Waals surface area contributed by atoms with Crippen LogP contribution in [0, 0.1) is 5.92 Å². The van der Waals surface area contributed by atoms with Gasteiger partial charge in [0.05, 0.1) is 18.1 Å². The number of nitrogens with two attached hydrogens (primary N) is 1. The first-order valence-corrected chi connectivity index (χ1v) is 6.36. The van der Waals surface area contributed by atoms with Gasteiger partial charge in [0.25, 0.3) is 0 Å². The summed E-state index contributed by atoms with van der Waals surface area (Å²) in [6.07, 6.45) is 5.28. The average Bonchev–Trinajstić information content (AvgIpc) is 2.65. The number of rotatable bonds is 2. The highest BCUT2D eigenvalue weighted by atomic mass is 16.5. The Morgan fingerprint density at radius 3 is 2.69 bits per heavy atom.